The van der Waals surface area contributed by atoms with E-state index in [1.807, 2.05) is 58.0 Å². The standard InChI is InChI=1S/C21H32N2O5/c1-15-9-8-12-17(23(15)20(26)28-21(2,3)4)18(24)13-22-19(25)27-14-16-10-6-5-7-11-16/h5-7,10-11,15,17-18,24H,8-9,12-14H2,1-4H3,(H,22,25)/t15-,17+,18-/m0/s1. The van der Waals surface area contributed by atoms with Gasteiger partial charge in [0.2, 0.25) is 0 Å². The van der Waals surface area contributed by atoms with Crippen LogP contribution in [0.1, 0.15) is 52.5 Å². The van der Waals surface area contributed by atoms with Crippen molar-refractivity contribution in [3.63, 3.8) is 0 Å². The normalized spacial score (nSPS) is 21.0. The van der Waals surface area contributed by atoms with Crippen molar-refractivity contribution < 1.29 is 24.2 Å². The van der Waals surface area contributed by atoms with Gasteiger partial charge in [-0.05, 0) is 52.5 Å². The highest BCUT2D eigenvalue weighted by Crippen LogP contribution is 2.27. The van der Waals surface area contributed by atoms with Crippen molar-refractivity contribution in [3.05, 3.63) is 35.9 Å². The maximum atomic E-state index is 12.6. The second-order valence-electron chi connectivity index (χ2n) is 8.24. The topological polar surface area (TPSA) is 88.1 Å². The van der Waals surface area contributed by atoms with E-state index in [1.165, 1.54) is 0 Å². The quantitative estimate of drug-likeness (QED) is 0.801. The van der Waals surface area contributed by atoms with Crippen molar-refractivity contribution in [3.8, 4) is 0 Å². The predicted molar refractivity (Wildman–Crippen MR) is 106 cm³/mol. The number of likely N-dealkylation sites (tertiary alicyclic amines) is 1. The first kappa shape index (κ1) is 22.0. The van der Waals surface area contributed by atoms with Crippen LogP contribution in [0.2, 0.25) is 0 Å². The van der Waals surface area contributed by atoms with E-state index >= 15 is 0 Å². The monoisotopic (exact) mass is 392 g/mol. The van der Waals surface area contributed by atoms with Gasteiger partial charge in [-0.25, -0.2) is 9.59 Å². The summed E-state index contributed by atoms with van der Waals surface area (Å²) in [6.45, 7) is 7.56. The van der Waals surface area contributed by atoms with E-state index in [9.17, 15) is 14.7 Å². The zero-order valence-corrected chi connectivity index (χ0v) is 17.2. The molecule has 1 saturated heterocycles. The second-order valence-corrected chi connectivity index (χ2v) is 8.24. The number of hydrogen-bond donors (Lipinski definition) is 2. The largest absolute Gasteiger partial charge is 0.445 e. The van der Waals surface area contributed by atoms with E-state index in [0.29, 0.717) is 6.42 Å². The lowest BCUT2D eigenvalue weighted by molar-refractivity contribution is -0.0309. The molecule has 156 valence electrons. The molecule has 1 aliphatic heterocycles. The van der Waals surface area contributed by atoms with E-state index < -0.39 is 29.9 Å². The van der Waals surface area contributed by atoms with Gasteiger partial charge in [-0.3, -0.25) is 4.90 Å². The Morgan fingerprint density at radius 1 is 1.25 bits per heavy atom. The Hall–Kier alpha value is -2.28. The number of aliphatic hydroxyl groups excluding tert-OH is 1. The third-order valence-corrected chi connectivity index (χ3v) is 4.67. The molecule has 0 bridgehead atoms. The summed E-state index contributed by atoms with van der Waals surface area (Å²) in [7, 11) is 0. The van der Waals surface area contributed by atoms with Crippen LogP contribution in [0, 0.1) is 0 Å². The lowest BCUT2D eigenvalue weighted by Gasteiger charge is -2.43. The van der Waals surface area contributed by atoms with Gasteiger partial charge in [-0.2, -0.15) is 0 Å². The first-order valence-electron chi connectivity index (χ1n) is 9.81. The van der Waals surface area contributed by atoms with E-state index in [2.05, 4.69) is 5.32 Å². The van der Waals surface area contributed by atoms with Crippen molar-refractivity contribution in [2.75, 3.05) is 6.54 Å². The summed E-state index contributed by atoms with van der Waals surface area (Å²) in [4.78, 5) is 26.1. The van der Waals surface area contributed by atoms with Crippen LogP contribution in [0.15, 0.2) is 30.3 Å². The number of piperidine rings is 1. The minimum atomic E-state index is -0.903. The first-order chi connectivity index (χ1) is 13.2. The third-order valence-electron chi connectivity index (χ3n) is 4.67. The molecule has 0 aromatic heterocycles. The summed E-state index contributed by atoms with van der Waals surface area (Å²) < 4.78 is 10.7. The van der Waals surface area contributed by atoms with Crippen molar-refractivity contribution in [2.24, 2.45) is 0 Å². The van der Waals surface area contributed by atoms with Gasteiger partial charge in [0, 0.05) is 12.6 Å². The van der Waals surface area contributed by atoms with E-state index in [4.69, 9.17) is 9.47 Å². The Morgan fingerprint density at radius 2 is 1.93 bits per heavy atom. The van der Waals surface area contributed by atoms with Crippen molar-refractivity contribution >= 4 is 12.2 Å². The fourth-order valence-corrected chi connectivity index (χ4v) is 3.33. The van der Waals surface area contributed by atoms with Gasteiger partial charge < -0.3 is 19.9 Å². The molecule has 2 N–H and O–H groups in total. The minimum Gasteiger partial charge on any atom is -0.445 e. The van der Waals surface area contributed by atoms with Crippen LogP contribution in [0.3, 0.4) is 0 Å². The Morgan fingerprint density at radius 3 is 2.57 bits per heavy atom. The average molecular weight is 392 g/mol. The number of aliphatic hydroxyl groups is 1. The first-order valence-corrected chi connectivity index (χ1v) is 9.81. The number of benzene rings is 1. The van der Waals surface area contributed by atoms with Crippen LogP contribution < -0.4 is 5.32 Å². The van der Waals surface area contributed by atoms with Crippen LogP contribution in [-0.2, 0) is 16.1 Å². The Labute approximate surface area is 167 Å². The lowest BCUT2D eigenvalue weighted by Crippen LogP contribution is -2.57. The molecule has 1 aliphatic rings. The Bertz CT molecular complexity index is 644. The van der Waals surface area contributed by atoms with Crippen LogP contribution in [0.4, 0.5) is 9.59 Å². The molecule has 1 aromatic carbocycles. The summed E-state index contributed by atoms with van der Waals surface area (Å²) >= 11 is 0. The van der Waals surface area contributed by atoms with Crippen molar-refractivity contribution in [1.82, 2.24) is 10.2 Å². The molecule has 0 aliphatic carbocycles. The van der Waals surface area contributed by atoms with Gasteiger partial charge in [0.15, 0.2) is 0 Å². The number of hydrogen-bond acceptors (Lipinski definition) is 5. The molecule has 7 nitrogen and oxygen atoms in total. The number of ether oxygens (including phenoxy) is 2. The summed E-state index contributed by atoms with van der Waals surface area (Å²) in [5.41, 5.74) is 0.277. The number of nitrogens with one attached hydrogen (secondary N) is 1. The minimum absolute atomic E-state index is 0.00427. The van der Waals surface area contributed by atoms with Gasteiger partial charge in [-0.1, -0.05) is 30.3 Å². The Balaban J connectivity index is 1.88. The maximum absolute atomic E-state index is 12.6. The van der Waals surface area contributed by atoms with E-state index in [1.54, 1.807) is 4.90 Å². The number of carbonyl (C=O) groups is 2. The summed E-state index contributed by atoms with van der Waals surface area (Å²) in [5.74, 6) is 0. The zero-order valence-electron chi connectivity index (χ0n) is 17.2. The van der Waals surface area contributed by atoms with Crippen molar-refractivity contribution in [2.45, 2.75) is 77.4 Å². The highest BCUT2D eigenvalue weighted by molar-refractivity contribution is 5.69. The smallest absolute Gasteiger partial charge is 0.410 e. The molecule has 1 fully saturated rings. The number of carbonyl (C=O) groups excluding carboxylic acids is 2. The van der Waals surface area contributed by atoms with E-state index in [-0.39, 0.29) is 19.2 Å². The maximum Gasteiger partial charge on any atom is 0.410 e. The molecule has 2 rings (SSSR count). The molecule has 2 amide bonds. The van der Waals surface area contributed by atoms with Crippen LogP contribution in [0.25, 0.3) is 0 Å². The zero-order chi connectivity index (χ0) is 20.7. The molecular formula is C21H32N2O5. The van der Waals surface area contributed by atoms with Gasteiger partial charge in [0.25, 0.3) is 0 Å². The summed E-state index contributed by atoms with van der Waals surface area (Å²) in [6, 6.07) is 8.92. The molecule has 28 heavy (non-hydrogen) atoms. The predicted octanol–water partition coefficient (Wildman–Crippen LogP) is 3.45. The van der Waals surface area contributed by atoms with Crippen LogP contribution >= 0.6 is 0 Å². The molecule has 3 atom stereocenters. The highest BCUT2D eigenvalue weighted by Gasteiger charge is 2.38. The van der Waals surface area contributed by atoms with Crippen molar-refractivity contribution in [1.29, 1.82) is 0 Å². The number of nitrogens with zero attached hydrogens (tertiary/aromatic N) is 1. The third kappa shape index (κ3) is 6.71. The molecule has 7 heteroatoms. The summed E-state index contributed by atoms with van der Waals surface area (Å²) in [5, 5.41) is 13.2. The van der Waals surface area contributed by atoms with Crippen LogP contribution in [-0.4, -0.2) is 52.5 Å². The molecule has 0 radical (unpaired) electrons. The lowest BCUT2D eigenvalue weighted by atomic mass is 9.93. The van der Waals surface area contributed by atoms with Gasteiger partial charge in [0.05, 0.1) is 12.1 Å². The number of alkyl carbamates (subject to hydrolysis) is 1. The van der Waals surface area contributed by atoms with Crippen LogP contribution in [0.5, 0.6) is 0 Å². The SMILES string of the molecule is C[C@H]1CCC[C@H]([C@@H](O)CNC(=O)OCc2ccccc2)N1C(=O)OC(C)(C)C. The van der Waals surface area contributed by atoms with E-state index in [0.717, 1.165) is 18.4 Å². The molecule has 0 unspecified atom stereocenters. The average Bonchev–Trinajstić information content (AvgIpc) is 2.63. The number of amides is 2. The molecule has 1 heterocycles. The fourth-order valence-electron chi connectivity index (χ4n) is 3.33. The highest BCUT2D eigenvalue weighted by atomic mass is 16.6. The molecule has 0 saturated carbocycles. The Kier molecular flexibility index (Phi) is 7.69. The molecule has 1 aromatic rings. The molecular weight excluding hydrogens is 360 g/mol. The van der Waals surface area contributed by atoms with Gasteiger partial charge in [-0.15, -0.1) is 0 Å². The fraction of sp³-hybridized carbons (Fsp3) is 0.619. The second kappa shape index (κ2) is 9.78. The number of rotatable bonds is 5. The van der Waals surface area contributed by atoms with Gasteiger partial charge >= 0.3 is 12.2 Å². The molecule has 0 spiro atoms. The van der Waals surface area contributed by atoms with Gasteiger partial charge in [0.1, 0.15) is 12.2 Å². The summed E-state index contributed by atoms with van der Waals surface area (Å²) in [6.07, 6.45) is 0.478.